The second kappa shape index (κ2) is 9.64. The third-order valence-electron chi connectivity index (χ3n) is 5.22. The summed E-state index contributed by atoms with van der Waals surface area (Å²) in [6, 6.07) is 8.38. The molecular weight excluding hydrogens is 462 g/mol. The Morgan fingerprint density at radius 2 is 2.00 bits per heavy atom. The van der Waals surface area contributed by atoms with Gasteiger partial charge in [-0.15, -0.1) is 11.3 Å². The average Bonchev–Trinajstić information content (AvgIpc) is 3.23. The second-order valence-electron chi connectivity index (χ2n) is 8.16. The summed E-state index contributed by atoms with van der Waals surface area (Å²) in [7, 11) is -3.86. The predicted molar refractivity (Wildman–Crippen MR) is 130 cm³/mol. The number of thiazole rings is 1. The number of sulfonamides is 1. The van der Waals surface area contributed by atoms with Crippen LogP contribution in [0.4, 0.5) is 16.6 Å². The van der Waals surface area contributed by atoms with Crippen LogP contribution in [0.3, 0.4) is 0 Å². The van der Waals surface area contributed by atoms with Crippen LogP contribution in [0.5, 0.6) is 5.75 Å². The van der Waals surface area contributed by atoms with Crippen LogP contribution in [-0.4, -0.2) is 48.8 Å². The number of rotatable bonds is 7. The number of anilines is 3. The fraction of sp³-hybridized carbons (Fsp3) is 0.364. The van der Waals surface area contributed by atoms with E-state index in [1.165, 1.54) is 23.5 Å². The molecule has 0 unspecified atom stereocenters. The second-order valence-corrected chi connectivity index (χ2v) is 10.6. The summed E-state index contributed by atoms with van der Waals surface area (Å²) in [5.74, 6) is 1.39. The van der Waals surface area contributed by atoms with Crippen LogP contribution in [0.25, 0.3) is 11.3 Å². The molecule has 0 amide bonds. The highest BCUT2D eigenvalue weighted by Crippen LogP contribution is 2.34. The van der Waals surface area contributed by atoms with Crippen molar-refractivity contribution in [2.75, 3.05) is 23.3 Å². The lowest BCUT2D eigenvalue weighted by Gasteiger charge is -2.30. The van der Waals surface area contributed by atoms with Gasteiger partial charge in [-0.3, -0.25) is 0 Å². The molecule has 33 heavy (non-hydrogen) atoms. The maximum absolute atomic E-state index is 11.8. The average molecular weight is 490 g/mol. The van der Waals surface area contributed by atoms with E-state index in [4.69, 9.17) is 9.88 Å². The summed E-state index contributed by atoms with van der Waals surface area (Å²) < 4.78 is 29.4. The maximum atomic E-state index is 11.8. The maximum Gasteiger partial charge on any atom is 0.238 e. The smallest absolute Gasteiger partial charge is 0.238 e. The minimum absolute atomic E-state index is 0.0112. The van der Waals surface area contributed by atoms with Gasteiger partial charge < -0.3 is 20.1 Å². The summed E-state index contributed by atoms with van der Waals surface area (Å²) in [4.78, 5) is 11.3. The van der Waals surface area contributed by atoms with Crippen molar-refractivity contribution < 1.29 is 18.3 Å². The van der Waals surface area contributed by atoms with Crippen LogP contribution in [-0.2, 0) is 10.0 Å². The quantitative estimate of drug-likeness (QED) is 0.461. The number of nitrogens with one attached hydrogen (secondary N) is 1. The Balaban J connectivity index is 1.53. The van der Waals surface area contributed by atoms with E-state index in [1.807, 2.05) is 31.4 Å². The molecule has 0 radical (unpaired) electrons. The Bertz CT molecular complexity index is 1200. The Morgan fingerprint density at radius 3 is 2.64 bits per heavy atom. The molecule has 1 saturated heterocycles. The number of piperidine rings is 1. The molecule has 1 aromatic carbocycles. The lowest BCUT2D eigenvalue weighted by Crippen LogP contribution is -2.36. The predicted octanol–water partition coefficient (Wildman–Crippen LogP) is 3.34. The third-order valence-corrected chi connectivity index (χ3v) is 6.89. The zero-order valence-corrected chi connectivity index (χ0v) is 20.1. The molecule has 0 bridgehead atoms. The van der Waals surface area contributed by atoms with E-state index in [-0.39, 0.29) is 17.1 Å². The number of nitrogens with two attached hydrogens (primary N) is 1. The van der Waals surface area contributed by atoms with Gasteiger partial charge in [0.15, 0.2) is 5.13 Å². The van der Waals surface area contributed by atoms with E-state index in [0.717, 1.165) is 43.0 Å². The fourth-order valence-corrected chi connectivity index (χ4v) is 4.81. The lowest BCUT2D eigenvalue weighted by molar-refractivity contribution is 0.145. The van der Waals surface area contributed by atoms with Crippen LogP contribution >= 0.6 is 11.3 Å². The molecule has 1 aliphatic heterocycles. The number of hydrogen-bond acceptors (Lipinski definition) is 9. The molecule has 0 saturated carbocycles. The molecule has 2 aromatic heterocycles. The molecule has 11 heteroatoms. The normalized spacial score (nSPS) is 15.1. The van der Waals surface area contributed by atoms with E-state index < -0.39 is 10.0 Å². The Hall–Kier alpha value is -2.73. The highest BCUT2D eigenvalue weighted by atomic mass is 32.2. The van der Waals surface area contributed by atoms with E-state index in [1.54, 1.807) is 12.3 Å². The fourth-order valence-electron chi connectivity index (χ4n) is 3.54. The number of aliphatic hydroxyl groups excluding tert-OH is 1. The molecule has 1 aliphatic rings. The van der Waals surface area contributed by atoms with Gasteiger partial charge in [0.05, 0.1) is 28.5 Å². The van der Waals surface area contributed by atoms with Gasteiger partial charge in [0, 0.05) is 30.2 Å². The number of benzene rings is 1. The monoisotopic (exact) mass is 489 g/mol. The van der Waals surface area contributed by atoms with E-state index >= 15 is 0 Å². The van der Waals surface area contributed by atoms with Crippen molar-refractivity contribution in [1.82, 2.24) is 9.97 Å². The SMILES string of the molecule is CC(C)Oc1ccc(S(N)(=O)=O)cc1Nc1nc(-c2ccc(N3CCC(O)CC3)nc2)cs1. The molecule has 9 nitrogen and oxygen atoms in total. The van der Waals surface area contributed by atoms with Gasteiger partial charge in [-0.1, -0.05) is 0 Å². The highest BCUT2D eigenvalue weighted by molar-refractivity contribution is 7.89. The van der Waals surface area contributed by atoms with Crippen LogP contribution in [0.15, 0.2) is 46.8 Å². The summed E-state index contributed by atoms with van der Waals surface area (Å²) in [5.41, 5.74) is 2.10. The molecule has 0 atom stereocenters. The lowest BCUT2D eigenvalue weighted by atomic mass is 10.1. The number of hydrogen-bond donors (Lipinski definition) is 3. The molecule has 3 aromatic rings. The Morgan fingerprint density at radius 1 is 1.24 bits per heavy atom. The van der Waals surface area contributed by atoms with Gasteiger partial charge in [-0.2, -0.15) is 0 Å². The molecule has 3 heterocycles. The van der Waals surface area contributed by atoms with Crippen molar-refractivity contribution in [1.29, 1.82) is 0 Å². The largest absolute Gasteiger partial charge is 0.489 e. The van der Waals surface area contributed by atoms with Crippen molar-refractivity contribution in [3.63, 3.8) is 0 Å². The van der Waals surface area contributed by atoms with Gasteiger partial charge in [0.2, 0.25) is 10.0 Å². The summed E-state index contributed by atoms with van der Waals surface area (Å²) in [6.45, 7) is 5.36. The zero-order valence-electron chi connectivity index (χ0n) is 18.4. The van der Waals surface area contributed by atoms with Gasteiger partial charge in [-0.25, -0.2) is 23.5 Å². The first-order valence-electron chi connectivity index (χ1n) is 10.6. The van der Waals surface area contributed by atoms with Gasteiger partial charge in [0.25, 0.3) is 0 Å². The molecule has 4 rings (SSSR count). The number of nitrogens with zero attached hydrogens (tertiary/aromatic N) is 3. The summed E-state index contributed by atoms with van der Waals surface area (Å²) >= 11 is 1.39. The van der Waals surface area contributed by atoms with E-state index in [2.05, 4.69) is 20.2 Å². The molecule has 4 N–H and O–H groups in total. The van der Waals surface area contributed by atoms with E-state index in [0.29, 0.717) is 16.6 Å². The molecular formula is C22H27N5O4S2. The van der Waals surface area contributed by atoms with Crippen molar-refractivity contribution in [2.45, 2.75) is 43.8 Å². The Labute approximate surface area is 197 Å². The molecule has 176 valence electrons. The van der Waals surface area contributed by atoms with Crippen molar-refractivity contribution in [3.8, 4) is 17.0 Å². The number of pyridine rings is 1. The molecule has 0 spiro atoms. The van der Waals surface area contributed by atoms with Crippen molar-refractivity contribution >= 4 is 38.0 Å². The molecule has 0 aliphatic carbocycles. The third kappa shape index (κ3) is 5.80. The van der Waals surface area contributed by atoms with Crippen molar-refractivity contribution in [3.05, 3.63) is 41.9 Å². The first-order valence-corrected chi connectivity index (χ1v) is 13.1. The first kappa shape index (κ1) is 23.4. The van der Waals surface area contributed by atoms with Crippen LogP contribution in [0.2, 0.25) is 0 Å². The minimum atomic E-state index is -3.86. The van der Waals surface area contributed by atoms with Gasteiger partial charge >= 0.3 is 0 Å². The van der Waals surface area contributed by atoms with Crippen LogP contribution in [0.1, 0.15) is 26.7 Å². The Kier molecular flexibility index (Phi) is 6.84. The zero-order chi connectivity index (χ0) is 23.6. The summed E-state index contributed by atoms with van der Waals surface area (Å²) in [5, 5.41) is 20.6. The van der Waals surface area contributed by atoms with E-state index in [9.17, 15) is 13.5 Å². The highest BCUT2D eigenvalue weighted by Gasteiger charge is 2.18. The minimum Gasteiger partial charge on any atom is -0.489 e. The number of primary sulfonamides is 1. The summed E-state index contributed by atoms with van der Waals surface area (Å²) in [6.07, 6.45) is 2.97. The first-order chi connectivity index (χ1) is 15.7. The standard InChI is InChI=1S/C22H27N5O4S2/c1-14(2)31-20-5-4-17(33(23,29)30)11-18(20)25-22-26-19(13-32-22)15-3-6-21(24-12-15)27-9-7-16(28)8-10-27/h3-6,11-14,16,28H,7-10H2,1-2H3,(H,25,26)(H2,23,29,30). The molecule has 1 fully saturated rings. The number of aliphatic hydroxyl groups is 1. The van der Waals surface area contributed by atoms with Crippen LogP contribution < -0.4 is 20.1 Å². The van der Waals surface area contributed by atoms with Gasteiger partial charge in [-0.05, 0) is 57.0 Å². The topological polar surface area (TPSA) is 131 Å². The van der Waals surface area contributed by atoms with Crippen LogP contribution in [0, 0.1) is 0 Å². The number of aromatic nitrogens is 2. The number of ether oxygens (including phenoxy) is 1. The van der Waals surface area contributed by atoms with Gasteiger partial charge in [0.1, 0.15) is 11.6 Å². The van der Waals surface area contributed by atoms with Crippen molar-refractivity contribution in [2.24, 2.45) is 5.14 Å².